The number of carbonyl (C=O) groups is 13. The van der Waals surface area contributed by atoms with Crippen molar-refractivity contribution < 1.29 is 108 Å². The Balaban J connectivity index is 1.07. The Labute approximate surface area is 757 Å². The number of fused-ring (bicyclic) bond motifs is 5. The lowest BCUT2D eigenvalue weighted by Crippen LogP contribution is -2.65. The van der Waals surface area contributed by atoms with Gasteiger partial charge in [-0.15, -0.1) is 0 Å². The molecule has 0 bridgehead atoms. The minimum atomic E-state index is -2.45. The van der Waals surface area contributed by atoms with E-state index in [9.17, 15) is 74.4 Å². The van der Waals surface area contributed by atoms with Gasteiger partial charge in [0.15, 0.2) is 0 Å². The first-order valence-electron chi connectivity index (χ1n) is 45.0. The summed E-state index contributed by atoms with van der Waals surface area (Å²) in [5.74, 6) is -10.7. The maximum Gasteiger partial charge on any atom is 0.407 e. The van der Waals surface area contributed by atoms with Crippen LogP contribution < -0.4 is 63.8 Å². The van der Waals surface area contributed by atoms with Crippen LogP contribution in [0, 0.1) is 17.8 Å². The molecule has 19 unspecified atom stereocenters. The summed E-state index contributed by atoms with van der Waals surface area (Å²) in [5, 5.41) is 125. The van der Waals surface area contributed by atoms with Crippen LogP contribution in [0.1, 0.15) is 192 Å². The molecule has 710 valence electrons. The summed E-state index contributed by atoms with van der Waals surface area (Å²) >= 11 is 1.46. The number of unbranched alkanes of at least 4 members (excludes halogenated alkanes) is 5. The van der Waals surface area contributed by atoms with Gasteiger partial charge in [0.2, 0.25) is 70.9 Å². The highest BCUT2D eigenvalue weighted by molar-refractivity contribution is 7.98. The predicted molar refractivity (Wildman–Crippen MR) is 480 cm³/mol. The number of hydrogen-bond acceptors (Lipinski definition) is 24. The second-order valence-electron chi connectivity index (χ2n) is 34.8. The molecular weight excluding hydrogens is 1690 g/mol. The van der Waals surface area contributed by atoms with Gasteiger partial charge in [-0.2, -0.15) is 11.8 Å². The number of thioether (sulfide) groups is 1. The molecule has 1 aliphatic carbocycles. The third-order valence-corrected chi connectivity index (χ3v) is 24.6. The molecule has 8 rings (SSSR count). The maximum atomic E-state index is 15.7. The molecule has 20 N–H and O–H groups in total. The monoisotopic (exact) mass is 1820 g/mol. The van der Waals surface area contributed by atoms with Crippen LogP contribution in [0.4, 0.5) is 4.79 Å². The van der Waals surface area contributed by atoms with Crippen molar-refractivity contribution in [2.24, 2.45) is 17.8 Å². The Morgan fingerprint density at radius 3 is 1.84 bits per heavy atom. The Morgan fingerprint density at radius 1 is 0.566 bits per heavy atom. The number of aromatic hydroxyl groups is 1. The zero-order chi connectivity index (χ0) is 94.1. The highest BCUT2D eigenvalue weighted by atomic mass is 32.2. The quantitative estimate of drug-likeness (QED) is 0.0279. The largest absolute Gasteiger partial charge is 0.508 e. The number of hydrogen-bond donors (Lipinski definition) is 20. The van der Waals surface area contributed by atoms with E-state index in [4.69, 9.17) is 4.74 Å². The predicted octanol–water partition coefficient (Wildman–Crippen LogP) is 1.45. The van der Waals surface area contributed by atoms with Gasteiger partial charge in [0.1, 0.15) is 85.1 Å². The van der Waals surface area contributed by atoms with Gasteiger partial charge < -0.3 is 114 Å². The minimum absolute atomic E-state index is 0.0395. The highest BCUT2D eigenvalue weighted by Gasteiger charge is 2.50. The summed E-state index contributed by atoms with van der Waals surface area (Å²) in [5.41, 5.74) is 4.33. The molecule has 0 aromatic heterocycles. The maximum absolute atomic E-state index is 15.7. The number of phenolic OH excluding ortho intramolecular Hbond substituents is 1. The molecule has 13 amide bonds. The fraction of sp³-hybridized carbons (Fsp3) is 0.598. The molecule has 3 heterocycles. The molecule has 129 heavy (non-hydrogen) atoms. The molecule has 0 spiro atoms. The van der Waals surface area contributed by atoms with Crippen LogP contribution in [0.25, 0.3) is 11.1 Å². The van der Waals surface area contributed by atoms with Crippen LogP contribution in [0.2, 0.25) is 0 Å². The Hall–Kier alpha value is -10.4. The standard InChI is InChI=1S/C92H134N14O22S/c1-9-53(4)46-54(5)23-15-12-10-11-13-18-30-75(115)98-69-49-73(113)82(94-41-42-96-92(127)128-51-65-63-28-21-19-26-61(63)62-27-20-22-29-64(62)65)104-89(124)79-72(112)37-43-105(79)91(126)77(102-88(123)78(81(117)80(116)58-31-33-59(109)34-32-58)103-87(122)70-48-60(110)50-106(70)90(125)76(55(6)107)101-86(69)121)71(111)35-39-93-74(114)36-40-95-83(118)68(47-57-24-16-14-17-25-57)100-85(120)67(45-52(2)3)99-84(119)66(38-44-129-8)97-56(7)108/h14,16-17,19-22,24-29,31-34,52-55,60,65-73,76-82,94,107,109-113,116-117H,9-13,15,18,23,30,35-51H2,1-8H3,(H,93,114)(H,95,118)(H,96,127)(H,97,108)(H,98,115)(H,99,119)(H,100,120)(H,101,121)(H,102,123)(H,103,122)(H,104,124). The van der Waals surface area contributed by atoms with E-state index in [2.05, 4.69) is 84.6 Å². The molecule has 3 fully saturated rings. The van der Waals surface area contributed by atoms with E-state index in [0.717, 1.165) is 108 Å². The number of phenols is 1. The number of ether oxygens (including phenoxy) is 1. The van der Waals surface area contributed by atoms with Crippen molar-refractivity contribution in [1.29, 1.82) is 0 Å². The van der Waals surface area contributed by atoms with Crippen molar-refractivity contribution in [3.63, 3.8) is 0 Å². The summed E-state index contributed by atoms with van der Waals surface area (Å²) in [4.78, 5) is 189. The molecule has 4 aliphatic rings. The van der Waals surface area contributed by atoms with Crippen molar-refractivity contribution in [2.75, 3.05) is 57.9 Å². The molecule has 3 saturated heterocycles. The van der Waals surface area contributed by atoms with Crippen LogP contribution in [0.5, 0.6) is 5.75 Å². The van der Waals surface area contributed by atoms with Gasteiger partial charge >= 0.3 is 6.09 Å². The number of amides is 13. The lowest BCUT2D eigenvalue weighted by atomic mass is 9.91. The van der Waals surface area contributed by atoms with Crippen molar-refractivity contribution in [3.8, 4) is 16.9 Å². The van der Waals surface area contributed by atoms with Crippen LogP contribution in [-0.2, 0) is 68.7 Å². The number of nitrogens with one attached hydrogen (secondary N) is 12. The smallest absolute Gasteiger partial charge is 0.407 e. The average Bonchev–Trinajstić information content (AvgIpc) is 1.62. The van der Waals surface area contributed by atoms with Gasteiger partial charge in [0.05, 0.1) is 30.5 Å². The van der Waals surface area contributed by atoms with Crippen molar-refractivity contribution in [1.82, 2.24) is 73.6 Å². The molecule has 0 radical (unpaired) electrons. The van der Waals surface area contributed by atoms with Gasteiger partial charge in [0, 0.05) is 84.2 Å². The summed E-state index contributed by atoms with van der Waals surface area (Å²) in [6, 6.07) is 12.9. The number of carbonyl (C=O) groups excluding carboxylic acids is 13. The average molecular weight is 1820 g/mol. The normalized spacial score (nSPS) is 22.6. The topological polar surface area (TPSA) is 544 Å². The molecule has 0 saturated carbocycles. The third kappa shape index (κ3) is 31.4. The van der Waals surface area contributed by atoms with Gasteiger partial charge in [-0.3, -0.25) is 62.9 Å². The summed E-state index contributed by atoms with van der Waals surface area (Å²) in [6.07, 6.45) is -9.13. The second kappa shape index (κ2) is 51.9. The fourth-order valence-electron chi connectivity index (χ4n) is 16.8. The number of nitrogens with zero attached hydrogens (tertiary/aromatic N) is 2. The van der Waals surface area contributed by atoms with E-state index in [1.54, 1.807) is 30.3 Å². The summed E-state index contributed by atoms with van der Waals surface area (Å²) in [6.45, 7) is 10.1. The van der Waals surface area contributed by atoms with Crippen LogP contribution >= 0.6 is 11.8 Å². The van der Waals surface area contributed by atoms with Crippen LogP contribution in [0.15, 0.2) is 103 Å². The number of benzene rings is 4. The number of alkyl carbamates (subject to hydrolysis) is 1. The molecule has 3 aliphatic heterocycles. The van der Waals surface area contributed by atoms with Gasteiger partial charge in [-0.1, -0.05) is 171 Å². The highest BCUT2D eigenvalue weighted by Crippen LogP contribution is 2.45. The number of aliphatic hydroxyl groups excluding tert-OH is 7. The molecule has 37 heteroatoms. The molecule has 36 nitrogen and oxygen atoms in total. The van der Waals surface area contributed by atoms with E-state index < -0.39 is 226 Å². The first-order chi connectivity index (χ1) is 61.6. The lowest BCUT2D eigenvalue weighted by molar-refractivity contribution is -0.148. The van der Waals surface area contributed by atoms with Crippen LogP contribution in [0.3, 0.4) is 0 Å². The number of rotatable bonds is 43. The van der Waals surface area contributed by atoms with E-state index in [1.165, 1.54) is 18.7 Å². The Kier molecular flexibility index (Phi) is 41.8. The van der Waals surface area contributed by atoms with Crippen molar-refractivity contribution in [3.05, 3.63) is 125 Å². The number of aliphatic hydroxyl groups is 7. The zero-order valence-corrected chi connectivity index (χ0v) is 75.7. The second-order valence-corrected chi connectivity index (χ2v) is 35.8. The van der Waals surface area contributed by atoms with Crippen molar-refractivity contribution in [2.45, 2.75) is 273 Å². The molecular formula is C92H134N14O22S. The van der Waals surface area contributed by atoms with Crippen molar-refractivity contribution >= 4 is 88.7 Å². The molecule has 4 aromatic carbocycles. The Bertz CT molecular complexity index is 4340. The van der Waals surface area contributed by atoms with Crippen LogP contribution in [-0.4, -0.2) is 283 Å². The first-order valence-corrected chi connectivity index (χ1v) is 46.4. The zero-order valence-electron chi connectivity index (χ0n) is 74.9. The first kappa shape index (κ1) is 104. The van der Waals surface area contributed by atoms with E-state index in [-0.39, 0.29) is 81.5 Å². The van der Waals surface area contributed by atoms with E-state index in [0.29, 0.717) is 36.0 Å². The minimum Gasteiger partial charge on any atom is -0.508 e. The van der Waals surface area contributed by atoms with Gasteiger partial charge in [-0.05, 0) is 121 Å². The van der Waals surface area contributed by atoms with E-state index >= 15 is 28.8 Å². The molecule has 4 aromatic rings. The SMILES string of the molecule is CCC(C)CC(C)CCCCCCCCC(=O)NC1CC(O)C(NCCNC(=O)OCC2c3ccccc3-c3ccccc32)NC(=O)C2C(O)CCN2C(=O)C(C(O)CCNC(=O)CCNC(=O)C(Cc2ccccc2)NC(=O)C(CC(C)C)NC(=O)C(CCSC)NC(C)=O)NC(=O)C(C(O)C(O)c2ccc(O)cc2)NC(=O)C2CC(O)CN2C(=O)C(C(C)O)NC1=O. The fourth-order valence-corrected chi connectivity index (χ4v) is 17.3. The van der Waals surface area contributed by atoms with Gasteiger partial charge in [0.25, 0.3) is 0 Å². The molecule has 19 atom stereocenters. The summed E-state index contributed by atoms with van der Waals surface area (Å²) < 4.78 is 5.76. The Morgan fingerprint density at radius 2 is 1.19 bits per heavy atom. The van der Waals surface area contributed by atoms with E-state index in [1.807, 2.05) is 68.6 Å². The lowest BCUT2D eigenvalue weighted by Gasteiger charge is -2.35. The third-order valence-electron chi connectivity index (χ3n) is 24.0. The summed E-state index contributed by atoms with van der Waals surface area (Å²) in [7, 11) is 0. The van der Waals surface area contributed by atoms with Gasteiger partial charge in [-0.25, -0.2) is 4.79 Å².